The summed E-state index contributed by atoms with van der Waals surface area (Å²) in [7, 11) is 0. The Bertz CT molecular complexity index is 522. The number of benzene rings is 1. The smallest absolute Gasteiger partial charge is 0.208 e. The van der Waals surface area contributed by atoms with E-state index in [0.29, 0.717) is 12.0 Å². The molecule has 0 saturated heterocycles. The number of nitrogens with one attached hydrogen (secondary N) is 1. The summed E-state index contributed by atoms with van der Waals surface area (Å²) in [5.41, 5.74) is 2.45. The van der Waals surface area contributed by atoms with Gasteiger partial charge in [0.2, 0.25) is 5.89 Å². The summed E-state index contributed by atoms with van der Waals surface area (Å²) >= 11 is 0. The second-order valence-electron chi connectivity index (χ2n) is 5.41. The predicted molar refractivity (Wildman–Crippen MR) is 75.0 cm³/mol. The van der Waals surface area contributed by atoms with Crippen LogP contribution in [0.1, 0.15) is 41.7 Å². The number of oxazole rings is 1. The molecule has 0 aliphatic heterocycles. The lowest BCUT2D eigenvalue weighted by Crippen LogP contribution is -2.39. The zero-order valence-electron chi connectivity index (χ0n) is 11.5. The van der Waals surface area contributed by atoms with Gasteiger partial charge in [0, 0.05) is 6.04 Å². The number of rotatable bonds is 4. The minimum atomic E-state index is 0.595. The van der Waals surface area contributed by atoms with Crippen LogP contribution in [0.2, 0.25) is 0 Å². The highest BCUT2D eigenvalue weighted by atomic mass is 16.4. The van der Waals surface area contributed by atoms with Gasteiger partial charge >= 0.3 is 0 Å². The molecule has 1 fully saturated rings. The Balaban J connectivity index is 1.47. The van der Waals surface area contributed by atoms with Gasteiger partial charge in [0.15, 0.2) is 0 Å². The molecule has 0 unspecified atom stereocenters. The van der Waals surface area contributed by atoms with E-state index in [1.807, 2.05) is 13.8 Å². The molecule has 1 saturated carbocycles. The Hall–Kier alpha value is -1.61. The Morgan fingerprint density at radius 3 is 2.58 bits per heavy atom. The summed E-state index contributed by atoms with van der Waals surface area (Å²) in [4.78, 5) is 4.39. The highest BCUT2D eigenvalue weighted by Crippen LogP contribution is 2.36. The van der Waals surface area contributed by atoms with Crippen LogP contribution in [0, 0.1) is 13.8 Å². The van der Waals surface area contributed by atoms with Gasteiger partial charge in [-0.1, -0.05) is 30.3 Å². The minimum absolute atomic E-state index is 0.595. The fraction of sp³-hybridized carbons (Fsp3) is 0.438. The summed E-state index contributed by atoms with van der Waals surface area (Å²) in [6.07, 6.45) is 2.42. The molecular formula is C16H20N2O. The van der Waals surface area contributed by atoms with Crippen LogP contribution in [-0.4, -0.2) is 11.0 Å². The molecule has 1 aromatic heterocycles. The van der Waals surface area contributed by atoms with Gasteiger partial charge in [0.05, 0.1) is 12.2 Å². The summed E-state index contributed by atoms with van der Waals surface area (Å²) in [5, 5.41) is 3.52. The van der Waals surface area contributed by atoms with E-state index in [1.54, 1.807) is 0 Å². The largest absolute Gasteiger partial charge is 0.444 e. The molecule has 100 valence electrons. The van der Waals surface area contributed by atoms with Crippen LogP contribution in [0.15, 0.2) is 34.7 Å². The third kappa shape index (κ3) is 2.71. The van der Waals surface area contributed by atoms with E-state index in [4.69, 9.17) is 4.42 Å². The molecule has 3 heteroatoms. The van der Waals surface area contributed by atoms with Crippen molar-refractivity contribution in [2.45, 2.75) is 45.2 Å². The number of hydrogen-bond donors (Lipinski definition) is 1. The van der Waals surface area contributed by atoms with Gasteiger partial charge in [-0.15, -0.1) is 0 Å². The zero-order valence-corrected chi connectivity index (χ0v) is 11.5. The molecule has 1 N–H and O–H groups in total. The lowest BCUT2D eigenvalue weighted by atomic mass is 9.76. The topological polar surface area (TPSA) is 38.1 Å². The molecular weight excluding hydrogens is 236 g/mol. The quantitative estimate of drug-likeness (QED) is 0.911. The molecule has 1 aliphatic rings. The lowest BCUT2D eigenvalue weighted by molar-refractivity contribution is 0.279. The van der Waals surface area contributed by atoms with E-state index in [1.165, 1.54) is 18.4 Å². The maximum absolute atomic E-state index is 5.57. The molecule has 0 atom stereocenters. The second-order valence-corrected chi connectivity index (χ2v) is 5.41. The first-order valence-corrected chi connectivity index (χ1v) is 6.93. The number of hydrogen-bond acceptors (Lipinski definition) is 3. The van der Waals surface area contributed by atoms with Gasteiger partial charge in [0.1, 0.15) is 5.76 Å². The third-order valence-corrected chi connectivity index (χ3v) is 4.02. The van der Waals surface area contributed by atoms with E-state index in [9.17, 15) is 0 Å². The summed E-state index contributed by atoms with van der Waals surface area (Å²) < 4.78 is 5.57. The van der Waals surface area contributed by atoms with Crippen molar-refractivity contribution in [3.8, 4) is 0 Å². The first-order chi connectivity index (χ1) is 9.22. The fourth-order valence-corrected chi connectivity index (χ4v) is 2.63. The first-order valence-electron chi connectivity index (χ1n) is 6.93. The normalized spacial score (nSPS) is 22.2. The molecule has 0 bridgehead atoms. The molecule has 19 heavy (non-hydrogen) atoms. The van der Waals surface area contributed by atoms with Crippen molar-refractivity contribution < 1.29 is 4.42 Å². The van der Waals surface area contributed by atoms with Crippen LogP contribution in [0.25, 0.3) is 0 Å². The van der Waals surface area contributed by atoms with Crippen molar-refractivity contribution >= 4 is 0 Å². The Morgan fingerprint density at radius 1 is 1.21 bits per heavy atom. The second kappa shape index (κ2) is 5.17. The first kappa shape index (κ1) is 12.4. The Kier molecular flexibility index (Phi) is 3.38. The average Bonchev–Trinajstić information content (AvgIpc) is 2.68. The van der Waals surface area contributed by atoms with E-state index in [2.05, 4.69) is 40.6 Å². The highest BCUT2D eigenvalue weighted by molar-refractivity contribution is 5.22. The monoisotopic (exact) mass is 256 g/mol. The molecule has 3 nitrogen and oxygen atoms in total. The van der Waals surface area contributed by atoms with Crippen molar-refractivity contribution in [3.63, 3.8) is 0 Å². The van der Waals surface area contributed by atoms with Gasteiger partial charge < -0.3 is 9.73 Å². The average molecular weight is 256 g/mol. The zero-order chi connectivity index (χ0) is 13.2. The van der Waals surface area contributed by atoms with Crippen LogP contribution in [0.4, 0.5) is 0 Å². The van der Waals surface area contributed by atoms with Gasteiger partial charge in [-0.25, -0.2) is 4.98 Å². The molecule has 0 spiro atoms. The predicted octanol–water partition coefficient (Wildman–Crippen LogP) is 3.33. The Labute approximate surface area is 114 Å². The van der Waals surface area contributed by atoms with E-state index in [-0.39, 0.29) is 0 Å². The molecule has 0 radical (unpaired) electrons. The molecule has 1 aliphatic carbocycles. The fourth-order valence-electron chi connectivity index (χ4n) is 2.63. The summed E-state index contributed by atoms with van der Waals surface area (Å²) in [5.74, 6) is 2.44. The van der Waals surface area contributed by atoms with Crippen molar-refractivity contribution in [2.75, 3.05) is 0 Å². The Morgan fingerprint density at radius 2 is 1.95 bits per heavy atom. The molecule has 1 heterocycles. The van der Waals surface area contributed by atoms with Gasteiger partial charge in [0.25, 0.3) is 0 Å². The van der Waals surface area contributed by atoms with Crippen LogP contribution in [0.3, 0.4) is 0 Å². The number of aryl methyl sites for hydroxylation is 2. The SMILES string of the molecule is Cc1nc(CNC2CC(c3ccccc3)C2)oc1C. The molecule has 1 aromatic carbocycles. The van der Waals surface area contributed by atoms with Crippen molar-refractivity contribution in [1.29, 1.82) is 0 Å². The molecule has 3 rings (SSSR count). The van der Waals surface area contributed by atoms with Crippen LogP contribution in [0.5, 0.6) is 0 Å². The maximum atomic E-state index is 5.57. The van der Waals surface area contributed by atoms with Crippen LogP contribution >= 0.6 is 0 Å². The minimum Gasteiger partial charge on any atom is -0.444 e. The van der Waals surface area contributed by atoms with Crippen LogP contribution < -0.4 is 5.32 Å². The highest BCUT2D eigenvalue weighted by Gasteiger charge is 2.29. The maximum Gasteiger partial charge on any atom is 0.208 e. The third-order valence-electron chi connectivity index (χ3n) is 4.02. The number of aromatic nitrogens is 1. The van der Waals surface area contributed by atoms with Gasteiger partial charge in [-0.3, -0.25) is 0 Å². The van der Waals surface area contributed by atoms with E-state index in [0.717, 1.165) is 23.9 Å². The van der Waals surface area contributed by atoms with E-state index < -0.39 is 0 Å². The van der Waals surface area contributed by atoms with E-state index >= 15 is 0 Å². The number of nitrogens with zero attached hydrogens (tertiary/aromatic N) is 1. The van der Waals surface area contributed by atoms with Crippen molar-refractivity contribution in [2.24, 2.45) is 0 Å². The van der Waals surface area contributed by atoms with Crippen molar-refractivity contribution in [3.05, 3.63) is 53.2 Å². The lowest BCUT2D eigenvalue weighted by Gasteiger charge is -2.36. The standard InChI is InChI=1S/C16H20N2O/c1-11-12(2)19-16(18-11)10-17-15-8-14(9-15)13-6-4-3-5-7-13/h3-7,14-15,17H,8-10H2,1-2H3. The summed E-state index contributed by atoms with van der Waals surface area (Å²) in [6, 6.07) is 11.4. The van der Waals surface area contributed by atoms with Gasteiger partial charge in [-0.2, -0.15) is 0 Å². The van der Waals surface area contributed by atoms with Crippen molar-refractivity contribution in [1.82, 2.24) is 10.3 Å². The summed E-state index contributed by atoms with van der Waals surface area (Å²) in [6.45, 7) is 4.68. The molecule has 0 amide bonds. The molecule has 2 aromatic rings. The van der Waals surface area contributed by atoms with Gasteiger partial charge in [-0.05, 0) is 38.2 Å². The van der Waals surface area contributed by atoms with Crippen LogP contribution in [-0.2, 0) is 6.54 Å².